The maximum atomic E-state index is 11.3. The molecule has 1 aliphatic heterocycles. The number of ether oxygens (including phenoxy) is 1. The summed E-state index contributed by atoms with van der Waals surface area (Å²) in [6, 6.07) is 6.67. The van der Waals surface area contributed by atoms with Gasteiger partial charge in [0.05, 0.1) is 28.8 Å². The van der Waals surface area contributed by atoms with E-state index in [0.29, 0.717) is 23.4 Å². The van der Waals surface area contributed by atoms with E-state index in [0.717, 1.165) is 0 Å². The molecule has 0 aromatic heterocycles. The topological polar surface area (TPSA) is 93.2 Å². The number of nitrogens with zero attached hydrogens (tertiary/aromatic N) is 1. The number of sulfone groups is 1. The van der Waals surface area contributed by atoms with Gasteiger partial charge in [-0.25, -0.2) is 8.42 Å². The molecule has 0 amide bonds. The third-order valence-electron chi connectivity index (χ3n) is 2.62. The van der Waals surface area contributed by atoms with E-state index in [1.54, 1.807) is 12.1 Å². The molecule has 1 heterocycles. The molecule has 1 fully saturated rings. The zero-order chi connectivity index (χ0) is 12.5. The molecule has 0 radical (unpaired) electrons. The second-order valence-corrected chi connectivity index (χ2v) is 6.24. The van der Waals surface area contributed by atoms with Crippen LogP contribution in [0.2, 0.25) is 0 Å². The summed E-state index contributed by atoms with van der Waals surface area (Å²) in [6.07, 6.45) is 0.150. The van der Waals surface area contributed by atoms with Gasteiger partial charge in [-0.15, -0.1) is 0 Å². The highest BCUT2D eigenvalue weighted by Gasteiger charge is 2.29. The lowest BCUT2D eigenvalue weighted by molar-refractivity contribution is 0.230. The average molecular weight is 252 g/mol. The van der Waals surface area contributed by atoms with Gasteiger partial charge in [-0.3, -0.25) is 0 Å². The Hall–Kier alpha value is -1.74. The Labute approximate surface area is 99.7 Å². The summed E-state index contributed by atoms with van der Waals surface area (Å²) in [4.78, 5) is 0. The minimum Gasteiger partial charge on any atom is -0.487 e. The molecule has 2 N–H and O–H groups in total. The van der Waals surface area contributed by atoms with Crippen LogP contribution in [0.25, 0.3) is 0 Å². The largest absolute Gasteiger partial charge is 0.487 e. The first-order valence-electron chi connectivity index (χ1n) is 5.17. The molecule has 1 unspecified atom stereocenters. The summed E-state index contributed by atoms with van der Waals surface area (Å²) in [6.45, 7) is 0. The van der Waals surface area contributed by atoms with E-state index >= 15 is 0 Å². The highest BCUT2D eigenvalue weighted by molar-refractivity contribution is 7.91. The fourth-order valence-corrected chi connectivity index (χ4v) is 3.35. The first-order valence-corrected chi connectivity index (χ1v) is 6.99. The third kappa shape index (κ3) is 2.68. The Bertz CT molecular complexity index is 575. The molecule has 1 aromatic carbocycles. The van der Waals surface area contributed by atoms with Crippen molar-refractivity contribution in [1.82, 2.24) is 0 Å². The Balaban J connectivity index is 2.13. The summed E-state index contributed by atoms with van der Waals surface area (Å²) in [5.74, 6) is 0.631. The van der Waals surface area contributed by atoms with Crippen molar-refractivity contribution in [3.05, 3.63) is 23.8 Å². The molecule has 1 atom stereocenters. The molecule has 1 aliphatic rings. The van der Waals surface area contributed by atoms with E-state index in [9.17, 15) is 8.42 Å². The highest BCUT2D eigenvalue weighted by atomic mass is 32.2. The van der Waals surface area contributed by atoms with E-state index < -0.39 is 9.84 Å². The van der Waals surface area contributed by atoms with Crippen LogP contribution in [-0.4, -0.2) is 26.0 Å². The number of nitrogen functional groups attached to an aromatic ring is 1. The van der Waals surface area contributed by atoms with Gasteiger partial charge in [0.25, 0.3) is 0 Å². The molecule has 0 spiro atoms. The predicted molar refractivity (Wildman–Crippen MR) is 63.3 cm³/mol. The van der Waals surface area contributed by atoms with Crippen LogP contribution >= 0.6 is 0 Å². The molecular weight excluding hydrogens is 240 g/mol. The second-order valence-electron chi connectivity index (χ2n) is 4.01. The van der Waals surface area contributed by atoms with Gasteiger partial charge in [-0.05, 0) is 24.6 Å². The number of nitriles is 1. The zero-order valence-electron chi connectivity index (χ0n) is 9.09. The number of rotatable bonds is 2. The Morgan fingerprint density at radius 2 is 2.24 bits per heavy atom. The smallest absolute Gasteiger partial charge is 0.154 e. The minimum atomic E-state index is -2.96. The fourth-order valence-electron chi connectivity index (χ4n) is 1.76. The van der Waals surface area contributed by atoms with Crippen LogP contribution in [0.4, 0.5) is 5.69 Å². The molecule has 17 heavy (non-hydrogen) atoms. The van der Waals surface area contributed by atoms with Crippen molar-refractivity contribution in [2.75, 3.05) is 17.2 Å². The predicted octanol–water partition coefficient (Wildman–Crippen LogP) is 0.706. The Morgan fingerprint density at radius 3 is 2.76 bits per heavy atom. The molecule has 6 heteroatoms. The molecule has 0 bridgehead atoms. The van der Waals surface area contributed by atoms with Crippen LogP contribution < -0.4 is 10.5 Å². The number of nitrogens with two attached hydrogens (primary N) is 1. The van der Waals surface area contributed by atoms with Crippen molar-refractivity contribution in [1.29, 1.82) is 5.26 Å². The van der Waals surface area contributed by atoms with Gasteiger partial charge in [0.2, 0.25) is 0 Å². The standard InChI is InChI=1S/C11H12N2O3S/c12-6-8-1-2-11(10(13)5-8)16-9-3-4-17(14,15)7-9/h1-2,5,9H,3-4,7,13H2. The van der Waals surface area contributed by atoms with Gasteiger partial charge >= 0.3 is 0 Å². The normalized spacial score (nSPS) is 21.9. The minimum absolute atomic E-state index is 0.0342. The number of hydrogen-bond acceptors (Lipinski definition) is 5. The lowest BCUT2D eigenvalue weighted by Gasteiger charge is -2.13. The van der Waals surface area contributed by atoms with Crippen molar-refractivity contribution in [2.24, 2.45) is 0 Å². The highest BCUT2D eigenvalue weighted by Crippen LogP contribution is 2.26. The fraction of sp³-hybridized carbons (Fsp3) is 0.364. The van der Waals surface area contributed by atoms with Crippen LogP contribution in [0.15, 0.2) is 18.2 Å². The van der Waals surface area contributed by atoms with Crippen LogP contribution in [0.1, 0.15) is 12.0 Å². The maximum absolute atomic E-state index is 11.3. The van der Waals surface area contributed by atoms with Crippen LogP contribution in [0, 0.1) is 11.3 Å². The van der Waals surface area contributed by atoms with Crippen molar-refractivity contribution in [3.63, 3.8) is 0 Å². The number of anilines is 1. The van der Waals surface area contributed by atoms with Crippen LogP contribution in [-0.2, 0) is 9.84 Å². The summed E-state index contributed by atoms with van der Waals surface area (Å²) in [5.41, 5.74) is 6.52. The average Bonchev–Trinajstić information content (AvgIpc) is 2.61. The lowest BCUT2D eigenvalue weighted by Crippen LogP contribution is -2.18. The van der Waals surface area contributed by atoms with Crippen molar-refractivity contribution in [3.8, 4) is 11.8 Å². The van der Waals surface area contributed by atoms with Crippen molar-refractivity contribution >= 4 is 15.5 Å². The van der Waals surface area contributed by atoms with E-state index in [2.05, 4.69) is 0 Å². The van der Waals surface area contributed by atoms with Crippen molar-refractivity contribution in [2.45, 2.75) is 12.5 Å². The lowest BCUT2D eigenvalue weighted by atomic mass is 10.2. The third-order valence-corrected chi connectivity index (χ3v) is 4.36. The molecule has 2 rings (SSSR count). The van der Waals surface area contributed by atoms with Gasteiger partial charge in [0.1, 0.15) is 11.9 Å². The molecule has 0 aliphatic carbocycles. The van der Waals surface area contributed by atoms with E-state index in [4.69, 9.17) is 15.7 Å². The first kappa shape index (κ1) is 11.7. The van der Waals surface area contributed by atoms with Crippen LogP contribution in [0.3, 0.4) is 0 Å². The summed E-state index contributed by atoms with van der Waals surface area (Å²) in [7, 11) is -2.96. The quantitative estimate of drug-likeness (QED) is 0.782. The van der Waals surface area contributed by atoms with E-state index in [1.165, 1.54) is 6.07 Å². The summed E-state index contributed by atoms with van der Waals surface area (Å²) >= 11 is 0. The first-order chi connectivity index (χ1) is 8.00. The van der Waals surface area contributed by atoms with Gasteiger partial charge < -0.3 is 10.5 Å². The number of benzene rings is 1. The molecule has 0 saturated carbocycles. The molecular formula is C11H12N2O3S. The maximum Gasteiger partial charge on any atom is 0.154 e. The monoisotopic (exact) mass is 252 g/mol. The molecule has 1 saturated heterocycles. The second kappa shape index (κ2) is 4.26. The van der Waals surface area contributed by atoms with Gasteiger partial charge in [0, 0.05) is 0 Å². The Kier molecular flexibility index (Phi) is 2.94. The van der Waals surface area contributed by atoms with Gasteiger partial charge in [-0.2, -0.15) is 5.26 Å². The van der Waals surface area contributed by atoms with Gasteiger partial charge in [-0.1, -0.05) is 0 Å². The van der Waals surface area contributed by atoms with Crippen LogP contribution in [0.5, 0.6) is 5.75 Å². The SMILES string of the molecule is N#Cc1ccc(OC2CCS(=O)(=O)C2)c(N)c1. The summed E-state index contributed by atoms with van der Waals surface area (Å²) in [5, 5.41) is 8.68. The zero-order valence-corrected chi connectivity index (χ0v) is 9.90. The molecule has 90 valence electrons. The Morgan fingerprint density at radius 1 is 1.47 bits per heavy atom. The van der Waals surface area contributed by atoms with E-state index in [1.807, 2.05) is 6.07 Å². The molecule has 5 nitrogen and oxygen atoms in total. The molecule has 1 aromatic rings. The summed E-state index contributed by atoms with van der Waals surface area (Å²) < 4.78 is 28.1. The van der Waals surface area contributed by atoms with Crippen molar-refractivity contribution < 1.29 is 13.2 Å². The van der Waals surface area contributed by atoms with Gasteiger partial charge in [0.15, 0.2) is 9.84 Å². The number of hydrogen-bond donors (Lipinski definition) is 1. The van der Waals surface area contributed by atoms with E-state index in [-0.39, 0.29) is 17.6 Å².